The number of halogens is 1. The van der Waals surface area contributed by atoms with E-state index in [2.05, 4.69) is 27.5 Å². The number of hydrogen-bond acceptors (Lipinski definition) is 5. The Morgan fingerprint density at radius 1 is 1.10 bits per heavy atom. The molecule has 0 saturated carbocycles. The van der Waals surface area contributed by atoms with Gasteiger partial charge in [-0.1, -0.05) is 6.92 Å². The molecule has 3 aromatic heterocycles. The van der Waals surface area contributed by atoms with Crippen LogP contribution in [0.1, 0.15) is 36.9 Å². The SMILES string of the molecule is CCc1cc(-c2cc(F)c3cc(C4CCNCC4)nnc3c2)nc2cn(C)nc12. The Bertz CT molecular complexity index is 1210. The molecule has 7 heteroatoms. The second-order valence-electron chi connectivity index (χ2n) is 7.74. The van der Waals surface area contributed by atoms with Crippen molar-refractivity contribution in [1.82, 2.24) is 30.3 Å². The van der Waals surface area contributed by atoms with Crippen molar-refractivity contribution in [3.8, 4) is 11.3 Å². The molecule has 4 aromatic rings. The van der Waals surface area contributed by atoms with E-state index in [0.29, 0.717) is 22.4 Å². The Morgan fingerprint density at radius 3 is 2.72 bits per heavy atom. The second kappa shape index (κ2) is 7.15. The van der Waals surface area contributed by atoms with E-state index in [0.717, 1.165) is 60.3 Å². The Balaban J connectivity index is 1.60. The molecule has 1 saturated heterocycles. The van der Waals surface area contributed by atoms with Gasteiger partial charge in [0.1, 0.15) is 16.9 Å². The molecule has 4 heterocycles. The van der Waals surface area contributed by atoms with Crippen LogP contribution in [-0.4, -0.2) is 38.1 Å². The van der Waals surface area contributed by atoms with E-state index in [-0.39, 0.29) is 5.82 Å². The van der Waals surface area contributed by atoms with E-state index in [4.69, 9.17) is 4.98 Å². The first kappa shape index (κ1) is 18.1. The maximum Gasteiger partial charge on any atom is 0.133 e. The van der Waals surface area contributed by atoms with Crippen LogP contribution in [0, 0.1) is 5.82 Å². The van der Waals surface area contributed by atoms with Crippen molar-refractivity contribution < 1.29 is 4.39 Å². The van der Waals surface area contributed by atoms with E-state index >= 15 is 4.39 Å². The predicted molar refractivity (Wildman–Crippen MR) is 111 cm³/mol. The smallest absolute Gasteiger partial charge is 0.133 e. The number of nitrogens with one attached hydrogen (secondary N) is 1. The molecule has 0 amide bonds. The lowest BCUT2D eigenvalue weighted by Gasteiger charge is -2.21. The van der Waals surface area contributed by atoms with Gasteiger partial charge in [0.05, 0.1) is 23.1 Å². The fourth-order valence-corrected chi connectivity index (χ4v) is 4.18. The van der Waals surface area contributed by atoms with Gasteiger partial charge in [0.2, 0.25) is 0 Å². The maximum atomic E-state index is 15.1. The van der Waals surface area contributed by atoms with Crippen molar-refractivity contribution in [3.05, 3.63) is 47.5 Å². The zero-order valence-corrected chi connectivity index (χ0v) is 16.6. The molecule has 1 aliphatic rings. The molecule has 0 spiro atoms. The molecule has 1 N–H and O–H groups in total. The first-order valence-electron chi connectivity index (χ1n) is 10.1. The summed E-state index contributed by atoms with van der Waals surface area (Å²) in [5.74, 6) is 0.0581. The van der Waals surface area contributed by atoms with Crippen LogP contribution in [0.5, 0.6) is 0 Å². The van der Waals surface area contributed by atoms with Crippen LogP contribution >= 0.6 is 0 Å². The molecule has 0 atom stereocenters. The molecule has 29 heavy (non-hydrogen) atoms. The predicted octanol–water partition coefficient (Wildman–Crippen LogP) is 3.75. The topological polar surface area (TPSA) is 68.5 Å². The Morgan fingerprint density at radius 2 is 1.93 bits per heavy atom. The summed E-state index contributed by atoms with van der Waals surface area (Å²) in [6.07, 6.45) is 4.74. The van der Waals surface area contributed by atoms with Crippen LogP contribution in [-0.2, 0) is 13.5 Å². The summed E-state index contributed by atoms with van der Waals surface area (Å²) in [4.78, 5) is 4.71. The van der Waals surface area contributed by atoms with E-state index in [1.54, 1.807) is 10.7 Å². The van der Waals surface area contributed by atoms with Crippen molar-refractivity contribution in [1.29, 1.82) is 0 Å². The monoisotopic (exact) mass is 390 g/mol. The minimum atomic E-state index is -0.284. The highest BCUT2D eigenvalue weighted by molar-refractivity contribution is 5.86. The van der Waals surface area contributed by atoms with Gasteiger partial charge in [0, 0.05) is 23.9 Å². The summed E-state index contributed by atoms with van der Waals surface area (Å²) in [6.45, 7) is 4.02. The number of hydrogen-bond donors (Lipinski definition) is 1. The molecule has 0 aliphatic carbocycles. The first-order chi connectivity index (χ1) is 14.1. The number of fused-ring (bicyclic) bond motifs is 2. The van der Waals surface area contributed by atoms with E-state index in [1.165, 1.54) is 0 Å². The van der Waals surface area contributed by atoms with Gasteiger partial charge < -0.3 is 5.32 Å². The van der Waals surface area contributed by atoms with Gasteiger partial charge in [-0.05, 0) is 62.2 Å². The fourth-order valence-electron chi connectivity index (χ4n) is 4.18. The van der Waals surface area contributed by atoms with Gasteiger partial charge in [-0.15, -0.1) is 0 Å². The molecule has 0 unspecified atom stereocenters. The summed E-state index contributed by atoms with van der Waals surface area (Å²) in [7, 11) is 1.88. The molecule has 5 rings (SSSR count). The normalized spacial score (nSPS) is 15.4. The number of benzene rings is 1. The highest BCUT2D eigenvalue weighted by atomic mass is 19.1. The Labute approximate surface area is 168 Å². The van der Waals surface area contributed by atoms with Crippen LogP contribution in [0.4, 0.5) is 4.39 Å². The molecule has 1 aliphatic heterocycles. The maximum absolute atomic E-state index is 15.1. The van der Waals surface area contributed by atoms with Crippen LogP contribution in [0.2, 0.25) is 0 Å². The standard InChI is InChI=1S/C22H23FN6/c1-3-13-9-18(25-21-12-29(2)28-22(13)21)15-8-17(23)16-11-19(26-27-20(16)10-15)14-4-6-24-7-5-14/h8-12,14,24H,3-7H2,1-2H3. The van der Waals surface area contributed by atoms with Crippen molar-refractivity contribution in [2.75, 3.05) is 13.1 Å². The molecule has 0 bridgehead atoms. The third-order valence-corrected chi connectivity index (χ3v) is 5.77. The second-order valence-corrected chi connectivity index (χ2v) is 7.74. The summed E-state index contributed by atoms with van der Waals surface area (Å²) in [5, 5.41) is 17.1. The number of nitrogens with zero attached hydrogens (tertiary/aromatic N) is 5. The van der Waals surface area contributed by atoms with Gasteiger partial charge in [-0.3, -0.25) is 4.68 Å². The Kier molecular flexibility index (Phi) is 4.47. The van der Waals surface area contributed by atoms with Crippen molar-refractivity contribution in [2.45, 2.75) is 32.1 Å². The Hall–Kier alpha value is -2.93. The minimum Gasteiger partial charge on any atom is -0.317 e. The van der Waals surface area contributed by atoms with Gasteiger partial charge in [-0.2, -0.15) is 15.3 Å². The number of aryl methyl sites for hydroxylation is 2. The molecule has 1 fully saturated rings. The molecule has 148 valence electrons. The molecular weight excluding hydrogens is 367 g/mol. The van der Waals surface area contributed by atoms with Crippen molar-refractivity contribution in [2.24, 2.45) is 7.05 Å². The van der Waals surface area contributed by atoms with E-state index in [1.807, 2.05) is 31.4 Å². The number of aromatic nitrogens is 5. The number of rotatable bonds is 3. The third-order valence-electron chi connectivity index (χ3n) is 5.77. The average Bonchev–Trinajstić information content (AvgIpc) is 3.13. The van der Waals surface area contributed by atoms with Crippen LogP contribution in [0.15, 0.2) is 30.5 Å². The van der Waals surface area contributed by atoms with Gasteiger partial charge in [-0.25, -0.2) is 9.37 Å². The highest BCUT2D eigenvalue weighted by Gasteiger charge is 2.19. The van der Waals surface area contributed by atoms with E-state index < -0.39 is 0 Å². The summed E-state index contributed by atoms with van der Waals surface area (Å²) in [5.41, 5.74) is 5.68. The van der Waals surface area contributed by atoms with Crippen LogP contribution < -0.4 is 5.32 Å². The first-order valence-corrected chi connectivity index (χ1v) is 10.1. The number of piperidine rings is 1. The average molecular weight is 390 g/mol. The van der Waals surface area contributed by atoms with Gasteiger partial charge in [0.25, 0.3) is 0 Å². The zero-order valence-electron chi connectivity index (χ0n) is 16.6. The number of pyridine rings is 1. The lowest BCUT2D eigenvalue weighted by atomic mass is 9.93. The largest absolute Gasteiger partial charge is 0.317 e. The zero-order chi connectivity index (χ0) is 20.0. The molecule has 1 aromatic carbocycles. The third kappa shape index (κ3) is 3.25. The van der Waals surface area contributed by atoms with Crippen LogP contribution in [0.3, 0.4) is 0 Å². The van der Waals surface area contributed by atoms with Crippen molar-refractivity contribution >= 4 is 21.9 Å². The molecular formula is C22H23FN6. The summed E-state index contributed by atoms with van der Waals surface area (Å²) in [6, 6.07) is 7.29. The van der Waals surface area contributed by atoms with Crippen molar-refractivity contribution in [3.63, 3.8) is 0 Å². The van der Waals surface area contributed by atoms with Gasteiger partial charge in [0.15, 0.2) is 0 Å². The lowest BCUT2D eigenvalue weighted by Crippen LogP contribution is -2.27. The van der Waals surface area contributed by atoms with Gasteiger partial charge >= 0.3 is 0 Å². The summed E-state index contributed by atoms with van der Waals surface area (Å²) < 4.78 is 16.8. The fraction of sp³-hybridized carbons (Fsp3) is 0.364. The van der Waals surface area contributed by atoms with E-state index in [9.17, 15) is 0 Å². The quantitative estimate of drug-likeness (QED) is 0.577. The molecule has 0 radical (unpaired) electrons. The lowest BCUT2D eigenvalue weighted by molar-refractivity contribution is 0.451. The van der Waals surface area contributed by atoms with Crippen LogP contribution in [0.25, 0.3) is 33.2 Å². The molecule has 6 nitrogen and oxygen atoms in total. The summed E-state index contributed by atoms with van der Waals surface area (Å²) >= 11 is 0. The highest BCUT2D eigenvalue weighted by Crippen LogP contribution is 2.30. The minimum absolute atomic E-state index is 0.284.